The van der Waals surface area contributed by atoms with E-state index in [1.165, 1.54) is 17.4 Å². The summed E-state index contributed by atoms with van der Waals surface area (Å²) < 4.78 is 14.1. The number of benzene rings is 1. The predicted octanol–water partition coefficient (Wildman–Crippen LogP) is 2.46. The van der Waals surface area contributed by atoms with Crippen molar-refractivity contribution < 1.29 is 9.18 Å². The molecule has 158 valence electrons. The van der Waals surface area contributed by atoms with Crippen molar-refractivity contribution in [3.8, 4) is 0 Å². The van der Waals surface area contributed by atoms with Crippen LogP contribution in [0.2, 0.25) is 0 Å². The molecule has 4 rings (SSSR count). The molecule has 9 heteroatoms. The predicted molar refractivity (Wildman–Crippen MR) is 117 cm³/mol. The molecule has 0 atom stereocenters. The average molecular weight is 430 g/mol. The van der Waals surface area contributed by atoms with Crippen molar-refractivity contribution >= 4 is 33.1 Å². The van der Waals surface area contributed by atoms with Crippen molar-refractivity contribution in [2.75, 3.05) is 45.2 Å². The molecular formula is C21H24FN5O2S. The van der Waals surface area contributed by atoms with Crippen molar-refractivity contribution in [3.05, 3.63) is 56.7 Å². The van der Waals surface area contributed by atoms with Crippen LogP contribution in [0.1, 0.15) is 21.1 Å². The minimum atomic E-state index is -0.253. The molecule has 1 aromatic carbocycles. The lowest BCUT2D eigenvalue weighted by molar-refractivity contribution is 0.0751. The summed E-state index contributed by atoms with van der Waals surface area (Å²) in [6, 6.07) is 6.68. The number of fused-ring (bicyclic) bond motifs is 1. The maximum Gasteiger partial charge on any atom is 0.264 e. The Morgan fingerprint density at radius 3 is 2.60 bits per heavy atom. The lowest BCUT2D eigenvalue weighted by Gasteiger charge is -2.36. The van der Waals surface area contributed by atoms with Gasteiger partial charge in [-0.05, 0) is 38.7 Å². The summed E-state index contributed by atoms with van der Waals surface area (Å²) in [5, 5.41) is 0.482. The lowest BCUT2D eigenvalue weighted by Crippen LogP contribution is -2.49. The van der Waals surface area contributed by atoms with E-state index >= 15 is 0 Å². The molecule has 0 saturated carbocycles. The molecule has 0 radical (unpaired) electrons. The molecule has 3 heterocycles. The first-order valence-corrected chi connectivity index (χ1v) is 10.6. The normalized spacial score (nSPS) is 14.7. The number of hydrogen-bond acceptors (Lipinski definition) is 6. The number of aromatic nitrogens is 2. The van der Waals surface area contributed by atoms with Gasteiger partial charge in [-0.1, -0.05) is 12.1 Å². The summed E-state index contributed by atoms with van der Waals surface area (Å²) in [4.78, 5) is 39.9. The van der Waals surface area contributed by atoms with E-state index in [0.29, 0.717) is 64.9 Å². The van der Waals surface area contributed by atoms with Crippen molar-refractivity contribution in [2.24, 2.45) is 0 Å². The van der Waals surface area contributed by atoms with Gasteiger partial charge < -0.3 is 19.7 Å². The zero-order valence-corrected chi connectivity index (χ0v) is 18.1. The van der Waals surface area contributed by atoms with E-state index in [1.54, 1.807) is 24.0 Å². The molecular weight excluding hydrogens is 405 g/mol. The number of thiophene rings is 1. The quantitative estimate of drug-likeness (QED) is 0.690. The number of carbonyl (C=O) groups excluding carboxylic acids is 1. The molecule has 2 aromatic heterocycles. The minimum absolute atomic E-state index is 0.0998. The van der Waals surface area contributed by atoms with E-state index in [9.17, 15) is 14.0 Å². The molecule has 1 saturated heterocycles. The van der Waals surface area contributed by atoms with Gasteiger partial charge in [0.1, 0.15) is 16.5 Å². The first-order valence-electron chi connectivity index (χ1n) is 9.81. The molecule has 1 amide bonds. The van der Waals surface area contributed by atoms with Gasteiger partial charge in [-0.15, -0.1) is 11.3 Å². The van der Waals surface area contributed by atoms with Gasteiger partial charge in [0.2, 0.25) is 0 Å². The number of anilines is 1. The summed E-state index contributed by atoms with van der Waals surface area (Å²) in [6.07, 6.45) is 0. The molecule has 1 aliphatic rings. The Bertz CT molecular complexity index is 1150. The summed E-state index contributed by atoms with van der Waals surface area (Å²) in [6.45, 7) is 4.42. The maximum atomic E-state index is 14.1. The van der Waals surface area contributed by atoms with E-state index in [4.69, 9.17) is 0 Å². The maximum absolute atomic E-state index is 14.1. The number of piperazine rings is 1. The van der Waals surface area contributed by atoms with Crippen LogP contribution in [-0.4, -0.2) is 65.9 Å². The number of para-hydroxylation sites is 1. The van der Waals surface area contributed by atoms with Crippen LogP contribution in [0.3, 0.4) is 0 Å². The molecule has 1 aliphatic heterocycles. The molecule has 0 aliphatic carbocycles. The van der Waals surface area contributed by atoms with Crippen LogP contribution in [0.25, 0.3) is 10.2 Å². The molecule has 0 spiro atoms. The zero-order valence-electron chi connectivity index (χ0n) is 17.2. The second-order valence-corrected chi connectivity index (χ2v) is 8.72. The average Bonchev–Trinajstić information content (AvgIpc) is 3.04. The monoisotopic (exact) mass is 429 g/mol. The van der Waals surface area contributed by atoms with E-state index in [2.05, 4.69) is 9.97 Å². The molecule has 1 N–H and O–H groups in total. The summed E-state index contributed by atoms with van der Waals surface area (Å²) in [5.41, 5.74) is 1.02. The van der Waals surface area contributed by atoms with Gasteiger partial charge >= 0.3 is 0 Å². The van der Waals surface area contributed by atoms with Crippen LogP contribution in [0, 0.1) is 12.7 Å². The number of aromatic amines is 1. The van der Waals surface area contributed by atoms with Gasteiger partial charge in [0.05, 0.1) is 22.5 Å². The standard InChI is InChI=1S/C21H24FN5O2S/c1-13-17-19(28)23-16(12-25(2)3)24-20(17)30-18(13)21(29)27-10-8-26(9-11-27)15-7-5-4-6-14(15)22/h4-7H,8-12H2,1-3H3,(H,23,24,28). The number of H-pyrrole nitrogens is 1. The van der Waals surface area contributed by atoms with Crippen LogP contribution >= 0.6 is 11.3 Å². The minimum Gasteiger partial charge on any atom is -0.366 e. The third-order valence-electron chi connectivity index (χ3n) is 5.27. The van der Waals surface area contributed by atoms with Gasteiger partial charge in [-0.3, -0.25) is 9.59 Å². The molecule has 0 bridgehead atoms. The Kier molecular flexibility index (Phi) is 5.57. The third kappa shape index (κ3) is 3.82. The van der Waals surface area contributed by atoms with Gasteiger partial charge in [-0.2, -0.15) is 0 Å². The van der Waals surface area contributed by atoms with Crippen molar-refractivity contribution in [3.63, 3.8) is 0 Å². The Balaban J connectivity index is 1.55. The smallest absolute Gasteiger partial charge is 0.264 e. The Labute approximate surface area is 177 Å². The second kappa shape index (κ2) is 8.16. The fourth-order valence-corrected chi connectivity index (χ4v) is 4.94. The molecule has 30 heavy (non-hydrogen) atoms. The van der Waals surface area contributed by atoms with Crippen LogP contribution in [0.5, 0.6) is 0 Å². The fraction of sp³-hybridized carbons (Fsp3) is 0.381. The molecule has 0 unspecified atom stereocenters. The third-order valence-corrected chi connectivity index (χ3v) is 6.44. The van der Waals surface area contributed by atoms with Gasteiger partial charge in [0, 0.05) is 26.2 Å². The Hall–Kier alpha value is -2.78. The summed E-state index contributed by atoms with van der Waals surface area (Å²) in [7, 11) is 3.81. The number of hydrogen-bond donors (Lipinski definition) is 1. The Morgan fingerprint density at radius 2 is 1.93 bits per heavy atom. The highest BCUT2D eigenvalue weighted by Gasteiger charge is 2.27. The fourth-order valence-electron chi connectivity index (χ4n) is 3.77. The van der Waals surface area contributed by atoms with Gasteiger partial charge in [-0.25, -0.2) is 9.37 Å². The van der Waals surface area contributed by atoms with Gasteiger partial charge in [0.25, 0.3) is 11.5 Å². The largest absolute Gasteiger partial charge is 0.366 e. The van der Waals surface area contributed by atoms with Crippen LogP contribution in [0.4, 0.5) is 10.1 Å². The van der Waals surface area contributed by atoms with E-state index in [-0.39, 0.29) is 17.3 Å². The first-order chi connectivity index (χ1) is 14.3. The number of rotatable bonds is 4. The number of halogens is 1. The SMILES string of the molecule is Cc1c(C(=O)N2CCN(c3ccccc3F)CC2)sc2nc(CN(C)C)[nH]c(=O)c12. The highest BCUT2D eigenvalue weighted by Crippen LogP contribution is 2.29. The summed E-state index contributed by atoms with van der Waals surface area (Å²) >= 11 is 1.27. The number of aryl methyl sites for hydroxylation is 1. The van der Waals surface area contributed by atoms with Crippen LogP contribution in [0.15, 0.2) is 29.1 Å². The van der Waals surface area contributed by atoms with Crippen molar-refractivity contribution in [1.29, 1.82) is 0 Å². The molecule has 3 aromatic rings. The van der Waals surface area contributed by atoms with Crippen molar-refractivity contribution in [1.82, 2.24) is 19.8 Å². The summed E-state index contributed by atoms with van der Waals surface area (Å²) in [5.74, 6) is 0.227. The number of nitrogens with one attached hydrogen (secondary N) is 1. The number of carbonyl (C=O) groups is 1. The number of amides is 1. The van der Waals surface area contributed by atoms with Crippen LogP contribution in [-0.2, 0) is 6.54 Å². The number of nitrogens with zero attached hydrogens (tertiary/aromatic N) is 4. The highest BCUT2D eigenvalue weighted by atomic mass is 32.1. The second-order valence-electron chi connectivity index (χ2n) is 7.72. The van der Waals surface area contributed by atoms with Crippen LogP contribution < -0.4 is 10.5 Å². The van der Waals surface area contributed by atoms with E-state index in [1.807, 2.05) is 30.0 Å². The van der Waals surface area contributed by atoms with Gasteiger partial charge in [0.15, 0.2) is 0 Å². The highest BCUT2D eigenvalue weighted by molar-refractivity contribution is 7.20. The van der Waals surface area contributed by atoms with E-state index < -0.39 is 0 Å². The Morgan fingerprint density at radius 1 is 1.23 bits per heavy atom. The molecule has 1 fully saturated rings. The lowest BCUT2D eigenvalue weighted by atomic mass is 10.2. The molecule has 7 nitrogen and oxygen atoms in total. The van der Waals surface area contributed by atoms with Crippen molar-refractivity contribution in [2.45, 2.75) is 13.5 Å². The van der Waals surface area contributed by atoms with E-state index in [0.717, 1.165) is 0 Å². The topological polar surface area (TPSA) is 72.5 Å². The zero-order chi connectivity index (χ0) is 21.4. The first kappa shape index (κ1) is 20.5.